The Bertz CT molecular complexity index is 1240. The highest BCUT2D eigenvalue weighted by molar-refractivity contribution is 6.99. The second-order valence-electron chi connectivity index (χ2n) is 11.1. The van der Waals surface area contributed by atoms with Crippen LogP contribution in [0.3, 0.4) is 0 Å². The minimum absolute atomic E-state index is 0.0799. The monoisotopic (exact) mass is 573 g/mol. The number of benzene rings is 3. The van der Waals surface area contributed by atoms with Gasteiger partial charge in [0.2, 0.25) is 0 Å². The van der Waals surface area contributed by atoms with Crippen molar-refractivity contribution in [3.05, 3.63) is 120 Å². The summed E-state index contributed by atoms with van der Waals surface area (Å²) in [6, 6.07) is 29.3. The third-order valence-electron chi connectivity index (χ3n) is 7.37. The zero-order chi connectivity index (χ0) is 29.3. The van der Waals surface area contributed by atoms with Gasteiger partial charge in [-0.2, -0.15) is 0 Å². The number of rotatable bonds is 12. The fourth-order valence-electron chi connectivity index (χ4n) is 5.45. The summed E-state index contributed by atoms with van der Waals surface area (Å²) in [5.41, 5.74) is 10.3. The molecule has 3 aromatic carbocycles. The molecule has 41 heavy (non-hydrogen) atoms. The van der Waals surface area contributed by atoms with Crippen molar-refractivity contribution < 1.29 is 23.7 Å². The van der Waals surface area contributed by atoms with E-state index >= 15 is 0 Å². The largest absolute Gasteiger partial charge is 0.405 e. The molecule has 0 radical (unpaired) electrons. The maximum atomic E-state index is 11.6. The van der Waals surface area contributed by atoms with Crippen molar-refractivity contribution in [3.63, 3.8) is 0 Å². The molecular weight excluding hydrogens is 534 g/mol. The summed E-state index contributed by atoms with van der Waals surface area (Å²) >= 11 is 0. The average molecular weight is 574 g/mol. The Balaban J connectivity index is 1.68. The first-order chi connectivity index (χ1) is 19.8. The van der Waals surface area contributed by atoms with Crippen molar-refractivity contribution in [1.29, 1.82) is 0 Å². The first kappa shape index (κ1) is 30.7. The van der Waals surface area contributed by atoms with Crippen LogP contribution in [0, 0.1) is 0 Å². The molecule has 3 aromatic rings. The van der Waals surface area contributed by atoms with Gasteiger partial charge in [-0.3, -0.25) is 0 Å². The Hall–Kier alpha value is -3.27. The van der Waals surface area contributed by atoms with Gasteiger partial charge in [0.05, 0.1) is 25.9 Å². The molecule has 1 N–H and O–H groups in total. The van der Waals surface area contributed by atoms with Gasteiger partial charge in [-0.15, -0.1) is 6.58 Å². The fourth-order valence-corrected chi connectivity index (χ4v) is 10.0. The normalized spacial score (nSPS) is 23.0. The van der Waals surface area contributed by atoms with Crippen LogP contribution in [0.25, 0.3) is 10.4 Å². The number of hydrogen-bond acceptors (Lipinski definition) is 6. The summed E-state index contributed by atoms with van der Waals surface area (Å²) in [5.74, 6) is 0. The van der Waals surface area contributed by atoms with Crippen LogP contribution in [0.2, 0.25) is 5.04 Å². The number of aliphatic hydroxyl groups is 1. The second kappa shape index (κ2) is 14.1. The van der Waals surface area contributed by atoms with Gasteiger partial charge in [0.1, 0.15) is 18.2 Å². The summed E-state index contributed by atoms with van der Waals surface area (Å²) in [4.78, 5) is 3.00. The summed E-state index contributed by atoms with van der Waals surface area (Å²) in [6.45, 7) is 10.8. The van der Waals surface area contributed by atoms with Gasteiger partial charge < -0.3 is 23.7 Å². The van der Waals surface area contributed by atoms with E-state index in [2.05, 4.69) is 61.6 Å². The topological polar surface area (TPSA) is 106 Å². The first-order valence-corrected chi connectivity index (χ1v) is 15.7. The standard InChI is InChI=1S/C32H39N3O5Si/c1-5-21-37-31-28(34-35-33)30(38-22-24-15-9-6-10-16-24)29(36)27(40-31)23-39-41(32(2,3)4,25-17-11-7-12-18-25)26-19-13-8-14-20-26/h5-20,27-31,36H,1,21-23H2,2-4H3/t27-,28+,29-,30+,31+/m0/s1. The quantitative estimate of drug-likeness (QED) is 0.107. The van der Waals surface area contributed by atoms with Crippen molar-refractivity contribution in [1.82, 2.24) is 0 Å². The smallest absolute Gasteiger partial charge is 0.261 e. The zero-order valence-electron chi connectivity index (χ0n) is 23.9. The third-order valence-corrected chi connectivity index (χ3v) is 12.4. The Morgan fingerprint density at radius 3 is 2.02 bits per heavy atom. The molecule has 0 saturated carbocycles. The van der Waals surface area contributed by atoms with Crippen molar-refractivity contribution in [2.24, 2.45) is 5.11 Å². The predicted molar refractivity (Wildman–Crippen MR) is 162 cm³/mol. The third kappa shape index (κ3) is 6.97. The summed E-state index contributed by atoms with van der Waals surface area (Å²) < 4.78 is 25.4. The maximum Gasteiger partial charge on any atom is 0.261 e. The van der Waals surface area contributed by atoms with Crippen LogP contribution in [0.1, 0.15) is 26.3 Å². The van der Waals surface area contributed by atoms with Crippen LogP contribution in [-0.4, -0.2) is 57.3 Å². The van der Waals surface area contributed by atoms with Gasteiger partial charge in [0, 0.05) is 4.91 Å². The van der Waals surface area contributed by atoms with E-state index in [0.29, 0.717) is 0 Å². The highest BCUT2D eigenvalue weighted by Crippen LogP contribution is 2.38. The Kier molecular flexibility index (Phi) is 10.5. The van der Waals surface area contributed by atoms with E-state index in [-0.39, 0.29) is 24.9 Å². The Morgan fingerprint density at radius 2 is 1.51 bits per heavy atom. The van der Waals surface area contributed by atoms with Gasteiger partial charge in [-0.25, -0.2) is 0 Å². The maximum absolute atomic E-state index is 11.6. The highest BCUT2D eigenvalue weighted by Gasteiger charge is 2.52. The molecule has 0 spiro atoms. The van der Waals surface area contributed by atoms with Crippen LogP contribution in [-0.2, 0) is 25.2 Å². The fraction of sp³-hybridized carbons (Fsp3) is 0.375. The lowest BCUT2D eigenvalue weighted by molar-refractivity contribution is -0.270. The zero-order valence-corrected chi connectivity index (χ0v) is 24.9. The van der Waals surface area contributed by atoms with Gasteiger partial charge in [-0.05, 0) is 26.5 Å². The SMILES string of the molecule is C=CCO[C@@H]1O[C@@H](CO[Si](c2ccccc2)(c2ccccc2)C(C)(C)C)[C@H](O)[C@H](OCc2ccccc2)[C@H]1N=[N+]=[N-]. The summed E-state index contributed by atoms with van der Waals surface area (Å²) in [5, 5.41) is 17.5. The molecule has 9 heteroatoms. The van der Waals surface area contributed by atoms with Crippen molar-refractivity contribution >= 4 is 18.7 Å². The van der Waals surface area contributed by atoms with E-state index < -0.39 is 39.0 Å². The molecule has 1 aliphatic heterocycles. The number of aliphatic hydroxyl groups excluding tert-OH is 1. The molecule has 1 heterocycles. The number of azide groups is 1. The van der Waals surface area contributed by atoms with E-state index in [4.69, 9.17) is 18.6 Å². The van der Waals surface area contributed by atoms with E-state index in [1.165, 1.54) is 0 Å². The van der Waals surface area contributed by atoms with Crippen LogP contribution in [0.15, 0.2) is 109 Å². The number of hydrogen-bond donors (Lipinski definition) is 1. The number of nitrogens with zero attached hydrogens (tertiary/aromatic N) is 3. The van der Waals surface area contributed by atoms with E-state index in [9.17, 15) is 10.6 Å². The molecule has 4 rings (SSSR count). The lowest BCUT2D eigenvalue weighted by atomic mass is 9.97. The Morgan fingerprint density at radius 1 is 0.951 bits per heavy atom. The van der Waals surface area contributed by atoms with Gasteiger partial charge >= 0.3 is 0 Å². The van der Waals surface area contributed by atoms with E-state index in [0.717, 1.165) is 15.9 Å². The van der Waals surface area contributed by atoms with Gasteiger partial charge in [0.25, 0.3) is 8.32 Å². The van der Waals surface area contributed by atoms with E-state index in [1.807, 2.05) is 66.7 Å². The molecule has 5 atom stereocenters. The lowest BCUT2D eigenvalue weighted by Gasteiger charge is -2.46. The molecular formula is C32H39N3O5Si. The van der Waals surface area contributed by atoms with Crippen molar-refractivity contribution in [2.45, 2.75) is 63.1 Å². The molecule has 0 aromatic heterocycles. The number of ether oxygens (including phenoxy) is 3. The lowest BCUT2D eigenvalue weighted by Crippen LogP contribution is -2.68. The molecule has 0 bridgehead atoms. The predicted octanol–water partition coefficient (Wildman–Crippen LogP) is 5.12. The van der Waals surface area contributed by atoms with Crippen molar-refractivity contribution in [2.75, 3.05) is 13.2 Å². The van der Waals surface area contributed by atoms with Crippen LogP contribution >= 0.6 is 0 Å². The van der Waals surface area contributed by atoms with Gasteiger partial charge in [-0.1, -0.05) is 123 Å². The van der Waals surface area contributed by atoms with Crippen molar-refractivity contribution in [3.8, 4) is 0 Å². The molecule has 0 amide bonds. The van der Waals surface area contributed by atoms with Crippen LogP contribution in [0.4, 0.5) is 0 Å². The molecule has 1 fully saturated rings. The van der Waals surface area contributed by atoms with E-state index in [1.54, 1.807) is 6.08 Å². The summed E-state index contributed by atoms with van der Waals surface area (Å²) in [7, 11) is -2.91. The van der Waals surface area contributed by atoms with Crippen LogP contribution < -0.4 is 10.4 Å². The summed E-state index contributed by atoms with van der Waals surface area (Å²) in [6.07, 6.45) is -2.20. The minimum Gasteiger partial charge on any atom is -0.405 e. The second-order valence-corrected chi connectivity index (χ2v) is 15.4. The molecule has 8 nitrogen and oxygen atoms in total. The molecule has 216 valence electrons. The molecule has 0 aliphatic carbocycles. The molecule has 0 unspecified atom stereocenters. The van der Waals surface area contributed by atoms with Gasteiger partial charge in [0.15, 0.2) is 6.29 Å². The average Bonchev–Trinajstić information content (AvgIpc) is 2.98. The first-order valence-electron chi connectivity index (χ1n) is 13.8. The molecule has 1 saturated heterocycles. The molecule has 1 aliphatic rings. The highest BCUT2D eigenvalue weighted by atomic mass is 28.4. The van der Waals surface area contributed by atoms with Crippen LogP contribution in [0.5, 0.6) is 0 Å². The minimum atomic E-state index is -2.91. The Labute approximate surface area is 243 Å².